The number of hydrogen-bond donors (Lipinski definition) is 1. The molecule has 2 heterocycles. The molecule has 8 heteroatoms. The summed E-state index contributed by atoms with van der Waals surface area (Å²) in [5.41, 5.74) is 1.45. The number of amides is 1. The second-order valence-electron chi connectivity index (χ2n) is 4.75. The van der Waals surface area contributed by atoms with Gasteiger partial charge in [-0.25, -0.2) is 9.67 Å². The number of anilines is 1. The van der Waals surface area contributed by atoms with Gasteiger partial charge in [-0.1, -0.05) is 23.7 Å². The van der Waals surface area contributed by atoms with E-state index in [-0.39, 0.29) is 11.9 Å². The van der Waals surface area contributed by atoms with Crippen LogP contribution in [0.5, 0.6) is 0 Å². The molecule has 1 aromatic carbocycles. The van der Waals surface area contributed by atoms with Crippen LogP contribution in [0.25, 0.3) is 0 Å². The number of halogens is 1. The highest BCUT2D eigenvalue weighted by Gasteiger charge is 2.10. The Hall–Kier alpha value is -2.67. The van der Waals surface area contributed by atoms with Crippen molar-refractivity contribution in [2.24, 2.45) is 7.05 Å². The van der Waals surface area contributed by atoms with Gasteiger partial charge in [-0.05, 0) is 17.7 Å². The lowest BCUT2D eigenvalue weighted by Gasteiger charge is -2.01. The van der Waals surface area contributed by atoms with Crippen LogP contribution < -0.4 is 5.32 Å². The zero-order valence-corrected chi connectivity index (χ0v) is 12.5. The number of carbonyl (C=O) groups is 1. The van der Waals surface area contributed by atoms with E-state index in [1.54, 1.807) is 28.9 Å². The predicted octanol–water partition coefficient (Wildman–Crippen LogP) is 1.97. The molecular formula is C14H13ClN6O. The van der Waals surface area contributed by atoms with Gasteiger partial charge in [0.15, 0.2) is 0 Å². The van der Waals surface area contributed by atoms with Crippen LogP contribution in [0.15, 0.2) is 43.0 Å². The number of rotatable bonds is 4. The SMILES string of the molecule is Cn1cc(C(=O)Nc2ncn(Cc3cccc(Cl)c3)n2)cn1. The number of carbonyl (C=O) groups excluding carboxylic acids is 1. The smallest absolute Gasteiger partial charge is 0.261 e. The lowest BCUT2D eigenvalue weighted by molar-refractivity contribution is 0.102. The highest BCUT2D eigenvalue weighted by atomic mass is 35.5. The maximum absolute atomic E-state index is 12.0. The van der Waals surface area contributed by atoms with Gasteiger partial charge in [0.05, 0.1) is 18.3 Å². The maximum Gasteiger partial charge on any atom is 0.261 e. The van der Waals surface area contributed by atoms with Crippen molar-refractivity contribution in [2.75, 3.05) is 5.32 Å². The van der Waals surface area contributed by atoms with Crippen LogP contribution >= 0.6 is 11.6 Å². The number of hydrogen-bond acceptors (Lipinski definition) is 4. The van der Waals surface area contributed by atoms with Gasteiger partial charge in [0.25, 0.3) is 5.91 Å². The fourth-order valence-corrected chi connectivity index (χ4v) is 2.18. The Morgan fingerprint density at radius 1 is 1.41 bits per heavy atom. The maximum atomic E-state index is 12.0. The summed E-state index contributed by atoms with van der Waals surface area (Å²) in [6.07, 6.45) is 4.66. The van der Waals surface area contributed by atoms with E-state index in [0.29, 0.717) is 17.1 Å². The molecule has 0 bridgehead atoms. The molecule has 0 saturated heterocycles. The Kier molecular flexibility index (Phi) is 3.88. The number of benzene rings is 1. The lowest BCUT2D eigenvalue weighted by Crippen LogP contribution is -2.12. The van der Waals surface area contributed by atoms with E-state index in [9.17, 15) is 4.79 Å². The van der Waals surface area contributed by atoms with Gasteiger partial charge >= 0.3 is 0 Å². The van der Waals surface area contributed by atoms with E-state index in [2.05, 4.69) is 20.5 Å². The summed E-state index contributed by atoms with van der Waals surface area (Å²) in [6.45, 7) is 0.524. The minimum Gasteiger partial charge on any atom is -0.289 e. The molecule has 0 fully saturated rings. The third-order valence-corrected chi connectivity index (χ3v) is 3.20. The van der Waals surface area contributed by atoms with E-state index >= 15 is 0 Å². The molecule has 0 aliphatic heterocycles. The molecule has 7 nitrogen and oxygen atoms in total. The minimum absolute atomic E-state index is 0.246. The monoisotopic (exact) mass is 316 g/mol. The fraction of sp³-hybridized carbons (Fsp3) is 0.143. The number of aromatic nitrogens is 5. The number of nitrogens with zero attached hydrogens (tertiary/aromatic N) is 5. The molecule has 112 valence electrons. The minimum atomic E-state index is -0.298. The van der Waals surface area contributed by atoms with Crippen molar-refractivity contribution in [3.8, 4) is 0 Å². The molecule has 0 aliphatic carbocycles. The van der Waals surface area contributed by atoms with E-state index in [1.807, 2.05) is 24.3 Å². The van der Waals surface area contributed by atoms with Gasteiger partial charge in [-0.15, -0.1) is 5.10 Å². The molecular weight excluding hydrogens is 304 g/mol. The molecule has 0 atom stereocenters. The fourth-order valence-electron chi connectivity index (χ4n) is 1.96. The van der Waals surface area contributed by atoms with Crippen LogP contribution in [0.2, 0.25) is 5.02 Å². The Labute approximate surface area is 131 Å². The Bertz CT molecular complexity index is 809. The molecule has 0 spiro atoms. The van der Waals surface area contributed by atoms with Crippen molar-refractivity contribution in [3.63, 3.8) is 0 Å². The van der Waals surface area contributed by atoms with Crippen molar-refractivity contribution in [1.29, 1.82) is 0 Å². The topological polar surface area (TPSA) is 77.6 Å². The van der Waals surface area contributed by atoms with Crippen LogP contribution in [0, 0.1) is 0 Å². The van der Waals surface area contributed by atoms with Gasteiger partial charge in [-0.2, -0.15) is 5.10 Å². The van der Waals surface area contributed by atoms with Crippen LogP contribution in [-0.4, -0.2) is 30.5 Å². The van der Waals surface area contributed by atoms with Crippen LogP contribution in [0.3, 0.4) is 0 Å². The highest BCUT2D eigenvalue weighted by Crippen LogP contribution is 2.12. The Morgan fingerprint density at radius 2 is 2.27 bits per heavy atom. The second kappa shape index (κ2) is 5.98. The highest BCUT2D eigenvalue weighted by molar-refractivity contribution is 6.30. The Morgan fingerprint density at radius 3 is 3.00 bits per heavy atom. The summed E-state index contributed by atoms with van der Waals surface area (Å²) in [5.74, 6) is -0.0514. The van der Waals surface area contributed by atoms with Gasteiger partial charge < -0.3 is 0 Å². The number of nitrogens with one attached hydrogen (secondary N) is 1. The third kappa shape index (κ3) is 3.32. The van der Waals surface area contributed by atoms with Crippen molar-refractivity contribution >= 4 is 23.5 Å². The quantitative estimate of drug-likeness (QED) is 0.798. The second-order valence-corrected chi connectivity index (χ2v) is 5.19. The van der Waals surface area contributed by atoms with Gasteiger partial charge in [-0.3, -0.25) is 14.8 Å². The third-order valence-electron chi connectivity index (χ3n) is 2.96. The average Bonchev–Trinajstić information content (AvgIpc) is 3.08. The van der Waals surface area contributed by atoms with Crippen LogP contribution in [-0.2, 0) is 13.6 Å². The molecule has 1 N–H and O–H groups in total. The van der Waals surface area contributed by atoms with Crippen molar-refractivity contribution in [2.45, 2.75) is 6.54 Å². The van der Waals surface area contributed by atoms with Crippen LogP contribution in [0.4, 0.5) is 5.95 Å². The first-order valence-corrected chi connectivity index (χ1v) is 6.92. The Balaban J connectivity index is 1.67. The molecule has 3 aromatic rings. The van der Waals surface area contributed by atoms with E-state index in [0.717, 1.165) is 5.56 Å². The molecule has 3 rings (SSSR count). The first-order valence-electron chi connectivity index (χ1n) is 6.54. The normalized spacial score (nSPS) is 10.6. The molecule has 0 radical (unpaired) electrons. The zero-order valence-electron chi connectivity index (χ0n) is 11.8. The largest absolute Gasteiger partial charge is 0.289 e. The first kappa shape index (κ1) is 14.3. The standard InChI is InChI=1S/C14H13ClN6O/c1-20-8-11(6-17-20)13(22)18-14-16-9-21(19-14)7-10-3-2-4-12(15)5-10/h2-6,8-9H,7H2,1H3,(H,18,19,22). The van der Waals surface area contributed by atoms with E-state index in [1.165, 1.54) is 6.20 Å². The van der Waals surface area contributed by atoms with Crippen LogP contribution in [0.1, 0.15) is 15.9 Å². The molecule has 1 amide bonds. The van der Waals surface area contributed by atoms with Crippen molar-refractivity contribution in [1.82, 2.24) is 24.5 Å². The van der Waals surface area contributed by atoms with Gasteiger partial charge in [0.2, 0.25) is 5.95 Å². The van der Waals surface area contributed by atoms with Crippen molar-refractivity contribution < 1.29 is 4.79 Å². The number of aryl methyl sites for hydroxylation is 1. The summed E-state index contributed by atoms with van der Waals surface area (Å²) in [5, 5.41) is 11.5. The summed E-state index contributed by atoms with van der Waals surface area (Å²) in [4.78, 5) is 16.0. The summed E-state index contributed by atoms with van der Waals surface area (Å²) >= 11 is 5.94. The molecule has 0 saturated carbocycles. The lowest BCUT2D eigenvalue weighted by atomic mass is 10.2. The summed E-state index contributed by atoms with van der Waals surface area (Å²) < 4.78 is 3.19. The molecule has 2 aromatic heterocycles. The first-order chi connectivity index (χ1) is 10.6. The summed E-state index contributed by atoms with van der Waals surface area (Å²) in [7, 11) is 1.74. The zero-order chi connectivity index (χ0) is 15.5. The van der Waals surface area contributed by atoms with Crippen molar-refractivity contribution in [3.05, 3.63) is 59.1 Å². The average molecular weight is 317 g/mol. The van der Waals surface area contributed by atoms with Gasteiger partial charge in [0.1, 0.15) is 6.33 Å². The predicted molar refractivity (Wildman–Crippen MR) is 81.7 cm³/mol. The van der Waals surface area contributed by atoms with Gasteiger partial charge in [0, 0.05) is 18.3 Å². The molecule has 0 unspecified atom stereocenters. The van der Waals surface area contributed by atoms with E-state index < -0.39 is 0 Å². The van der Waals surface area contributed by atoms with E-state index in [4.69, 9.17) is 11.6 Å². The summed E-state index contributed by atoms with van der Waals surface area (Å²) in [6, 6.07) is 7.49. The molecule has 0 aliphatic rings. The molecule has 22 heavy (non-hydrogen) atoms.